The molecule has 0 aliphatic rings. The summed E-state index contributed by atoms with van der Waals surface area (Å²) in [5.41, 5.74) is 6.61. The molecular weight excluding hydrogens is 464 g/mol. The van der Waals surface area contributed by atoms with Gasteiger partial charge in [-0.3, -0.25) is 4.79 Å². The SMILES string of the molecule is CCOC(=O)C(CCCCNS(=O)(=O)c1ccc(C)cc1)NC(=O)c1coc(C(N)C(C)O)n1. The Kier molecular flexibility index (Phi) is 10.2. The number of aryl methyl sites for hydroxylation is 1. The van der Waals surface area contributed by atoms with E-state index in [0.29, 0.717) is 12.8 Å². The van der Waals surface area contributed by atoms with Crippen molar-refractivity contribution < 1.29 is 32.3 Å². The van der Waals surface area contributed by atoms with Crippen molar-refractivity contribution in [2.45, 2.75) is 63.1 Å². The first kappa shape index (κ1) is 27.4. The van der Waals surface area contributed by atoms with Gasteiger partial charge >= 0.3 is 5.97 Å². The van der Waals surface area contributed by atoms with E-state index in [9.17, 15) is 23.1 Å². The molecule has 0 spiro atoms. The predicted octanol–water partition coefficient (Wildman–Crippen LogP) is 1.17. The van der Waals surface area contributed by atoms with E-state index in [1.807, 2.05) is 6.92 Å². The Balaban J connectivity index is 1.90. The molecule has 188 valence electrons. The van der Waals surface area contributed by atoms with Crippen molar-refractivity contribution in [2.75, 3.05) is 13.2 Å². The number of sulfonamides is 1. The summed E-state index contributed by atoms with van der Waals surface area (Å²) in [6, 6.07) is 4.66. The highest BCUT2D eigenvalue weighted by Gasteiger charge is 2.25. The Bertz CT molecular complexity index is 1050. The number of oxazole rings is 1. The Labute approximate surface area is 199 Å². The van der Waals surface area contributed by atoms with Crippen LogP contribution in [0.25, 0.3) is 0 Å². The first-order chi connectivity index (χ1) is 16.0. The fraction of sp³-hybridized carbons (Fsp3) is 0.500. The van der Waals surface area contributed by atoms with E-state index < -0.39 is 40.1 Å². The molecule has 0 saturated heterocycles. The second kappa shape index (κ2) is 12.6. The van der Waals surface area contributed by atoms with Crippen LogP contribution in [0.5, 0.6) is 0 Å². The Hall–Kier alpha value is -2.80. The highest BCUT2D eigenvalue weighted by Crippen LogP contribution is 2.14. The van der Waals surface area contributed by atoms with Crippen LogP contribution in [0.1, 0.15) is 61.1 Å². The average Bonchev–Trinajstić information content (AvgIpc) is 3.28. The molecule has 0 aliphatic carbocycles. The second-order valence-electron chi connectivity index (χ2n) is 7.82. The lowest BCUT2D eigenvalue weighted by molar-refractivity contribution is -0.145. The number of rotatable bonds is 13. The number of amides is 1. The Morgan fingerprint density at radius 3 is 2.53 bits per heavy atom. The average molecular weight is 497 g/mol. The van der Waals surface area contributed by atoms with Crippen LogP contribution >= 0.6 is 0 Å². The van der Waals surface area contributed by atoms with Crippen molar-refractivity contribution in [3.63, 3.8) is 0 Å². The number of nitrogens with one attached hydrogen (secondary N) is 2. The van der Waals surface area contributed by atoms with Gasteiger partial charge in [0.2, 0.25) is 15.9 Å². The lowest BCUT2D eigenvalue weighted by Gasteiger charge is -2.16. The van der Waals surface area contributed by atoms with Crippen molar-refractivity contribution in [1.82, 2.24) is 15.0 Å². The maximum Gasteiger partial charge on any atom is 0.328 e. The first-order valence-corrected chi connectivity index (χ1v) is 12.5. The lowest BCUT2D eigenvalue weighted by Crippen LogP contribution is -2.42. The lowest BCUT2D eigenvalue weighted by atomic mass is 10.1. The molecule has 0 radical (unpaired) electrons. The number of aliphatic hydroxyl groups is 1. The second-order valence-corrected chi connectivity index (χ2v) is 9.59. The minimum Gasteiger partial charge on any atom is -0.464 e. The molecule has 3 atom stereocenters. The Morgan fingerprint density at radius 1 is 1.24 bits per heavy atom. The normalized spacial score (nSPS) is 14.3. The van der Waals surface area contributed by atoms with Gasteiger partial charge in [-0.1, -0.05) is 17.7 Å². The third kappa shape index (κ3) is 7.90. The van der Waals surface area contributed by atoms with Crippen LogP contribution in [0.4, 0.5) is 0 Å². The molecule has 34 heavy (non-hydrogen) atoms. The minimum atomic E-state index is -3.63. The van der Waals surface area contributed by atoms with Crippen molar-refractivity contribution in [3.05, 3.63) is 47.7 Å². The standard InChI is InChI=1S/C22H32N4O7S/c1-4-32-22(29)17(25-20(28)18-13-33-21(26-18)19(23)15(3)27)7-5-6-12-24-34(30,31)16-10-8-14(2)9-11-16/h8-11,13,15,17,19,24,27H,4-7,12,23H2,1-3H3,(H,25,28). The van der Waals surface area contributed by atoms with Crippen molar-refractivity contribution in [2.24, 2.45) is 5.73 Å². The van der Waals surface area contributed by atoms with Crippen LogP contribution in [0.2, 0.25) is 0 Å². The zero-order valence-electron chi connectivity index (χ0n) is 19.5. The molecule has 1 amide bonds. The molecular formula is C22H32N4O7S. The van der Waals surface area contributed by atoms with Crippen LogP contribution in [-0.4, -0.2) is 55.7 Å². The summed E-state index contributed by atoms with van der Waals surface area (Å²) in [6.45, 7) is 5.29. The van der Waals surface area contributed by atoms with Gasteiger partial charge in [0.25, 0.3) is 5.91 Å². The number of aliphatic hydroxyl groups excluding tert-OH is 1. The van der Waals surface area contributed by atoms with Crippen LogP contribution in [0.3, 0.4) is 0 Å². The molecule has 2 rings (SSSR count). The number of ether oxygens (including phenoxy) is 1. The van der Waals surface area contributed by atoms with Gasteiger partial charge in [-0.25, -0.2) is 22.9 Å². The number of esters is 1. The van der Waals surface area contributed by atoms with Crippen molar-refractivity contribution >= 4 is 21.9 Å². The number of carbonyl (C=O) groups excluding carboxylic acids is 2. The molecule has 0 fully saturated rings. The third-order valence-corrected chi connectivity index (χ3v) is 6.46. The summed E-state index contributed by atoms with van der Waals surface area (Å²) in [4.78, 5) is 29.0. The highest BCUT2D eigenvalue weighted by molar-refractivity contribution is 7.89. The molecule has 1 aromatic heterocycles. The largest absolute Gasteiger partial charge is 0.464 e. The van der Waals surface area contributed by atoms with Gasteiger partial charge < -0.3 is 25.3 Å². The number of hydrogen-bond acceptors (Lipinski definition) is 9. The summed E-state index contributed by atoms with van der Waals surface area (Å²) in [5, 5.41) is 12.1. The molecule has 1 aromatic carbocycles. The fourth-order valence-corrected chi connectivity index (χ4v) is 4.03. The molecule has 2 aromatic rings. The molecule has 0 saturated carbocycles. The van der Waals surface area contributed by atoms with Crippen LogP contribution in [0.15, 0.2) is 39.8 Å². The van der Waals surface area contributed by atoms with E-state index in [1.165, 1.54) is 19.1 Å². The first-order valence-electron chi connectivity index (χ1n) is 11.0. The van der Waals surface area contributed by atoms with Crippen molar-refractivity contribution in [1.29, 1.82) is 0 Å². The maximum atomic E-state index is 12.5. The zero-order chi connectivity index (χ0) is 25.3. The highest BCUT2D eigenvalue weighted by atomic mass is 32.2. The van der Waals surface area contributed by atoms with Gasteiger partial charge in [-0.05, 0) is 52.2 Å². The van der Waals surface area contributed by atoms with Crippen molar-refractivity contribution in [3.8, 4) is 0 Å². The summed E-state index contributed by atoms with van der Waals surface area (Å²) in [6.07, 6.45) is 1.28. The number of nitrogens with two attached hydrogens (primary N) is 1. The van der Waals surface area contributed by atoms with E-state index in [-0.39, 0.29) is 36.1 Å². The van der Waals surface area contributed by atoms with Gasteiger partial charge in [0.1, 0.15) is 18.3 Å². The smallest absolute Gasteiger partial charge is 0.328 e. The van der Waals surface area contributed by atoms with E-state index in [1.54, 1.807) is 19.1 Å². The third-order valence-electron chi connectivity index (χ3n) is 4.98. The number of aromatic nitrogens is 1. The number of nitrogens with zero attached hydrogens (tertiary/aromatic N) is 1. The van der Waals surface area contributed by atoms with Crippen LogP contribution in [-0.2, 0) is 19.6 Å². The van der Waals surface area contributed by atoms with Gasteiger partial charge in [0.05, 0.1) is 17.6 Å². The molecule has 5 N–H and O–H groups in total. The van der Waals surface area contributed by atoms with E-state index in [0.717, 1.165) is 11.8 Å². The quantitative estimate of drug-likeness (QED) is 0.234. The van der Waals surface area contributed by atoms with Gasteiger partial charge in [0, 0.05) is 6.54 Å². The number of carbonyl (C=O) groups is 2. The molecule has 0 aliphatic heterocycles. The van der Waals surface area contributed by atoms with E-state index in [2.05, 4.69) is 15.0 Å². The van der Waals surface area contributed by atoms with Gasteiger partial charge in [-0.2, -0.15) is 0 Å². The summed E-state index contributed by atoms with van der Waals surface area (Å²) >= 11 is 0. The molecule has 1 heterocycles. The van der Waals surface area contributed by atoms with E-state index in [4.69, 9.17) is 14.9 Å². The maximum absolute atomic E-state index is 12.5. The van der Waals surface area contributed by atoms with E-state index >= 15 is 0 Å². The van der Waals surface area contributed by atoms with Gasteiger partial charge in [0.15, 0.2) is 5.69 Å². The van der Waals surface area contributed by atoms with Crippen LogP contribution < -0.4 is 15.8 Å². The van der Waals surface area contributed by atoms with Crippen LogP contribution in [0, 0.1) is 6.92 Å². The summed E-state index contributed by atoms with van der Waals surface area (Å²) in [5.74, 6) is -1.28. The number of benzene rings is 1. The number of unbranched alkanes of at least 4 members (excludes halogenated alkanes) is 1. The molecule has 11 nitrogen and oxygen atoms in total. The topological polar surface area (TPSA) is 174 Å². The fourth-order valence-electron chi connectivity index (χ4n) is 2.96. The number of hydrogen-bond donors (Lipinski definition) is 4. The monoisotopic (exact) mass is 496 g/mol. The summed E-state index contributed by atoms with van der Waals surface area (Å²) in [7, 11) is -3.63. The van der Waals surface area contributed by atoms with Gasteiger partial charge in [-0.15, -0.1) is 0 Å². The molecule has 12 heteroatoms. The predicted molar refractivity (Wildman–Crippen MR) is 123 cm³/mol. The molecule has 3 unspecified atom stereocenters. The minimum absolute atomic E-state index is 0.00584. The Morgan fingerprint density at radius 2 is 1.91 bits per heavy atom. The zero-order valence-corrected chi connectivity index (χ0v) is 20.3. The molecule has 0 bridgehead atoms. The summed E-state index contributed by atoms with van der Waals surface area (Å²) < 4.78 is 37.4.